The number of aryl methyl sites for hydroxylation is 2. The maximum Gasteiger partial charge on any atom is 0.419 e. The van der Waals surface area contributed by atoms with Crippen molar-refractivity contribution in [3.8, 4) is 0 Å². The van der Waals surface area contributed by atoms with Gasteiger partial charge in [0.1, 0.15) is 0 Å². The van der Waals surface area contributed by atoms with Crippen LogP contribution in [0.2, 0.25) is 5.02 Å². The van der Waals surface area contributed by atoms with Crippen LogP contribution in [0, 0.1) is 13.8 Å². The third kappa shape index (κ3) is 4.68. The van der Waals surface area contributed by atoms with Crippen molar-refractivity contribution in [1.82, 2.24) is 9.47 Å². The molecule has 2 aromatic carbocycles. The fraction of sp³-hybridized carbons (Fsp3) is 0.286. The van der Waals surface area contributed by atoms with Gasteiger partial charge in [0.15, 0.2) is 5.58 Å². The van der Waals surface area contributed by atoms with Gasteiger partial charge in [-0.3, -0.25) is 14.2 Å². The first-order valence-corrected chi connectivity index (χ1v) is 9.53. The van der Waals surface area contributed by atoms with Gasteiger partial charge in [-0.2, -0.15) is 0 Å². The Morgan fingerprint density at radius 2 is 1.97 bits per heavy atom. The van der Waals surface area contributed by atoms with Crippen molar-refractivity contribution in [2.24, 2.45) is 0 Å². The number of fused-ring (bicyclic) bond motifs is 1. The molecule has 0 unspecified atom stereocenters. The topological polar surface area (TPSA) is 84.5 Å². The molecule has 29 heavy (non-hydrogen) atoms. The molecular weight excluding hydrogens is 394 g/mol. The molecule has 0 fully saturated rings. The smallest absolute Gasteiger partial charge is 0.408 e. The molecule has 3 aromatic rings. The second-order valence-corrected chi connectivity index (χ2v) is 7.36. The number of hydrogen-bond donors (Lipinski definition) is 1. The van der Waals surface area contributed by atoms with Gasteiger partial charge in [0, 0.05) is 36.8 Å². The molecule has 8 heteroatoms. The minimum absolute atomic E-state index is 0.0599. The molecule has 0 aliphatic heterocycles. The lowest BCUT2D eigenvalue weighted by Crippen LogP contribution is -2.35. The molecule has 152 valence electrons. The molecule has 0 radical (unpaired) electrons. The standard InChI is InChI=1S/C21H22ClN3O4/c1-13-5-4-6-16(14(13)2)23-19(26)12-24(3)20(27)9-10-25-17-8-7-15(22)11-18(17)29-21(25)28/h4-8,11H,9-10,12H2,1-3H3,(H,23,26). The fourth-order valence-corrected chi connectivity index (χ4v) is 3.19. The number of carbonyl (C=O) groups excluding carboxylic acids is 2. The van der Waals surface area contributed by atoms with Crippen LogP contribution >= 0.6 is 11.6 Å². The quantitative estimate of drug-likeness (QED) is 0.669. The van der Waals surface area contributed by atoms with Gasteiger partial charge in [-0.05, 0) is 43.2 Å². The number of halogens is 1. The van der Waals surface area contributed by atoms with E-state index < -0.39 is 5.76 Å². The Morgan fingerprint density at radius 3 is 2.72 bits per heavy atom. The van der Waals surface area contributed by atoms with E-state index in [9.17, 15) is 14.4 Å². The molecule has 1 heterocycles. The van der Waals surface area contributed by atoms with Crippen molar-refractivity contribution in [3.63, 3.8) is 0 Å². The molecule has 7 nitrogen and oxygen atoms in total. The van der Waals surface area contributed by atoms with Crippen molar-refractivity contribution in [2.45, 2.75) is 26.8 Å². The lowest BCUT2D eigenvalue weighted by molar-refractivity contribution is -0.133. The largest absolute Gasteiger partial charge is 0.419 e. The molecule has 0 aliphatic rings. The van der Waals surface area contributed by atoms with Crippen LogP contribution in [-0.2, 0) is 16.1 Å². The lowest BCUT2D eigenvalue weighted by atomic mass is 10.1. The number of carbonyl (C=O) groups is 2. The number of benzene rings is 2. The average Bonchev–Trinajstić information content (AvgIpc) is 2.97. The third-order valence-corrected chi connectivity index (χ3v) is 5.10. The van der Waals surface area contributed by atoms with Gasteiger partial charge in [-0.25, -0.2) is 4.79 Å². The summed E-state index contributed by atoms with van der Waals surface area (Å²) in [6.45, 7) is 3.97. The number of likely N-dealkylation sites (N-methyl/N-ethyl adjacent to an activating group) is 1. The van der Waals surface area contributed by atoms with Crippen molar-refractivity contribution in [1.29, 1.82) is 0 Å². The third-order valence-electron chi connectivity index (χ3n) is 4.86. The zero-order chi connectivity index (χ0) is 21.1. The fourth-order valence-electron chi connectivity index (χ4n) is 3.03. The second kappa shape index (κ2) is 8.53. The van der Waals surface area contributed by atoms with Crippen LogP contribution < -0.4 is 11.1 Å². The molecule has 3 rings (SSSR count). The Kier molecular flexibility index (Phi) is 6.08. The van der Waals surface area contributed by atoms with E-state index in [1.165, 1.54) is 9.47 Å². The Labute approximate surface area is 172 Å². The SMILES string of the molecule is Cc1cccc(NC(=O)CN(C)C(=O)CCn2c(=O)oc3cc(Cl)ccc32)c1C. The van der Waals surface area contributed by atoms with Gasteiger partial charge in [-0.1, -0.05) is 23.7 Å². The predicted molar refractivity (Wildman–Crippen MR) is 112 cm³/mol. The molecule has 0 bridgehead atoms. The summed E-state index contributed by atoms with van der Waals surface area (Å²) in [6, 6.07) is 10.5. The molecule has 0 saturated heterocycles. The van der Waals surface area contributed by atoms with Crippen LogP contribution in [0.5, 0.6) is 0 Å². The van der Waals surface area contributed by atoms with Crippen LogP contribution in [0.25, 0.3) is 11.1 Å². The molecule has 1 N–H and O–H groups in total. The van der Waals surface area contributed by atoms with Gasteiger partial charge < -0.3 is 14.6 Å². The number of nitrogens with zero attached hydrogens (tertiary/aromatic N) is 2. The highest BCUT2D eigenvalue weighted by atomic mass is 35.5. The molecule has 0 atom stereocenters. The minimum atomic E-state index is -0.551. The van der Waals surface area contributed by atoms with Crippen molar-refractivity contribution < 1.29 is 14.0 Å². The molecule has 0 saturated carbocycles. The maximum absolute atomic E-state index is 12.4. The van der Waals surface area contributed by atoms with E-state index in [1.807, 2.05) is 32.0 Å². The second-order valence-electron chi connectivity index (χ2n) is 6.93. The van der Waals surface area contributed by atoms with E-state index in [1.54, 1.807) is 25.2 Å². The first kappa shape index (κ1) is 20.7. The Morgan fingerprint density at radius 1 is 1.21 bits per heavy atom. The van der Waals surface area contributed by atoms with Crippen LogP contribution in [0.1, 0.15) is 17.5 Å². The normalized spacial score (nSPS) is 10.9. The van der Waals surface area contributed by atoms with Crippen LogP contribution in [0.3, 0.4) is 0 Å². The van der Waals surface area contributed by atoms with Crippen molar-refractivity contribution >= 4 is 40.2 Å². The lowest BCUT2D eigenvalue weighted by Gasteiger charge is -2.18. The van der Waals surface area contributed by atoms with E-state index in [4.69, 9.17) is 16.0 Å². The van der Waals surface area contributed by atoms with Gasteiger partial charge in [0.2, 0.25) is 11.8 Å². The Bertz CT molecular complexity index is 1130. The summed E-state index contributed by atoms with van der Waals surface area (Å²) in [4.78, 5) is 38.1. The average molecular weight is 416 g/mol. The van der Waals surface area contributed by atoms with E-state index in [0.717, 1.165) is 16.8 Å². The van der Waals surface area contributed by atoms with E-state index >= 15 is 0 Å². The number of oxazole rings is 1. The zero-order valence-electron chi connectivity index (χ0n) is 16.5. The summed E-state index contributed by atoms with van der Waals surface area (Å²) in [5, 5.41) is 3.29. The van der Waals surface area contributed by atoms with E-state index in [-0.39, 0.29) is 31.3 Å². The summed E-state index contributed by atoms with van der Waals surface area (Å²) >= 11 is 5.90. The van der Waals surface area contributed by atoms with Crippen molar-refractivity contribution in [3.05, 3.63) is 63.1 Å². The van der Waals surface area contributed by atoms with E-state index in [2.05, 4.69) is 5.32 Å². The molecule has 0 aliphatic carbocycles. The minimum Gasteiger partial charge on any atom is -0.408 e. The first-order chi connectivity index (χ1) is 13.8. The Hall–Kier alpha value is -3.06. The summed E-state index contributed by atoms with van der Waals surface area (Å²) < 4.78 is 6.54. The van der Waals surface area contributed by atoms with Gasteiger partial charge in [-0.15, -0.1) is 0 Å². The molecule has 0 spiro atoms. The summed E-state index contributed by atoms with van der Waals surface area (Å²) in [6.07, 6.45) is 0.0599. The number of nitrogens with one attached hydrogen (secondary N) is 1. The Balaban J connectivity index is 1.60. The van der Waals surface area contributed by atoms with Crippen molar-refractivity contribution in [2.75, 3.05) is 18.9 Å². The highest BCUT2D eigenvalue weighted by Crippen LogP contribution is 2.19. The summed E-state index contributed by atoms with van der Waals surface area (Å²) in [5.74, 6) is -1.09. The highest BCUT2D eigenvalue weighted by Gasteiger charge is 2.16. The molecule has 1 aromatic heterocycles. The van der Waals surface area contributed by atoms with Crippen LogP contribution in [0.15, 0.2) is 45.6 Å². The number of rotatable bonds is 6. The summed E-state index contributed by atoms with van der Waals surface area (Å²) in [7, 11) is 1.56. The molecular formula is C21H22ClN3O4. The van der Waals surface area contributed by atoms with Crippen LogP contribution in [0.4, 0.5) is 5.69 Å². The number of amides is 2. The van der Waals surface area contributed by atoms with Gasteiger partial charge in [0.05, 0.1) is 12.1 Å². The van der Waals surface area contributed by atoms with E-state index in [0.29, 0.717) is 16.1 Å². The van der Waals surface area contributed by atoms with Crippen LogP contribution in [-0.4, -0.2) is 34.9 Å². The number of hydrogen-bond acceptors (Lipinski definition) is 4. The summed E-state index contributed by atoms with van der Waals surface area (Å²) in [5.41, 5.74) is 3.73. The monoisotopic (exact) mass is 415 g/mol. The molecule has 2 amide bonds. The zero-order valence-corrected chi connectivity index (χ0v) is 17.2. The highest BCUT2D eigenvalue weighted by molar-refractivity contribution is 6.31. The van der Waals surface area contributed by atoms with Gasteiger partial charge >= 0.3 is 5.76 Å². The maximum atomic E-state index is 12.4. The first-order valence-electron chi connectivity index (χ1n) is 9.15. The number of anilines is 1. The predicted octanol–water partition coefficient (Wildman–Crippen LogP) is 3.35. The number of aromatic nitrogens is 1. The van der Waals surface area contributed by atoms with Gasteiger partial charge in [0.25, 0.3) is 0 Å².